The molecule has 3 rings (SSSR count). The highest BCUT2D eigenvalue weighted by Gasteiger charge is 2.54. The first-order valence-corrected chi connectivity index (χ1v) is 12.1. The van der Waals surface area contributed by atoms with Crippen LogP contribution in [0.3, 0.4) is 0 Å². The molecule has 4 atom stereocenters. The van der Waals surface area contributed by atoms with Crippen molar-refractivity contribution in [2.75, 3.05) is 7.11 Å². The normalized spacial score (nSPS) is 19.3. The lowest BCUT2D eigenvalue weighted by Crippen LogP contribution is -2.51. The number of imide groups is 1. The third-order valence-corrected chi connectivity index (χ3v) is 7.11. The van der Waals surface area contributed by atoms with Crippen LogP contribution in [-0.2, 0) is 14.3 Å². The molecule has 37 heavy (non-hydrogen) atoms. The highest BCUT2D eigenvalue weighted by atomic mass is 32.1. The number of amides is 2. The molecule has 1 heterocycles. The monoisotopic (exact) mass is 531 g/mol. The van der Waals surface area contributed by atoms with Crippen LogP contribution in [0.15, 0.2) is 48.5 Å². The van der Waals surface area contributed by atoms with Crippen LogP contribution in [0.2, 0.25) is 0 Å². The summed E-state index contributed by atoms with van der Waals surface area (Å²) >= 11 is 4.73. The number of ether oxygens (including phenoxy) is 2. The van der Waals surface area contributed by atoms with E-state index < -0.39 is 50.8 Å². The van der Waals surface area contributed by atoms with Crippen molar-refractivity contribution in [3.8, 4) is 0 Å². The van der Waals surface area contributed by atoms with Gasteiger partial charge in [0.1, 0.15) is 5.60 Å². The highest BCUT2D eigenvalue weighted by molar-refractivity contribution is 7.80. The van der Waals surface area contributed by atoms with Crippen LogP contribution in [-0.4, -0.2) is 45.5 Å². The predicted molar refractivity (Wildman–Crippen MR) is 137 cm³/mol. The van der Waals surface area contributed by atoms with E-state index >= 15 is 0 Å². The van der Waals surface area contributed by atoms with Gasteiger partial charge in [-0.3, -0.25) is 25.0 Å². The van der Waals surface area contributed by atoms with Gasteiger partial charge in [0.2, 0.25) is 5.91 Å². The van der Waals surface area contributed by atoms with Crippen molar-refractivity contribution in [3.05, 3.63) is 79.9 Å². The molecule has 0 saturated carbocycles. The molecule has 2 aromatic rings. The molecule has 0 N–H and O–H groups in total. The second-order valence-corrected chi connectivity index (χ2v) is 10.2. The Morgan fingerprint density at radius 1 is 1.00 bits per heavy atom. The molecule has 198 valence electrons. The highest BCUT2D eigenvalue weighted by Crippen LogP contribution is 2.44. The van der Waals surface area contributed by atoms with Crippen LogP contribution in [0.4, 0.5) is 16.2 Å². The molecule has 0 bridgehead atoms. The number of nitrogens with zero attached hydrogens (tertiary/aromatic N) is 3. The first kappa shape index (κ1) is 28.1. The number of thiol groups is 1. The maximum absolute atomic E-state index is 14.2. The smallest absolute Gasteiger partial charge is 0.417 e. The number of carbonyl (C=O) groups excluding carboxylic acids is 2. The molecular weight excluding hydrogens is 502 g/mol. The van der Waals surface area contributed by atoms with Gasteiger partial charge in [-0.05, 0) is 43.0 Å². The minimum atomic E-state index is -1.10. The fourth-order valence-electron chi connectivity index (χ4n) is 4.95. The third-order valence-electron chi connectivity index (χ3n) is 6.49. The minimum absolute atomic E-state index is 0.129. The number of nitro groups is 2. The lowest BCUT2D eigenvalue weighted by Gasteiger charge is -2.36. The van der Waals surface area contributed by atoms with Gasteiger partial charge in [0.15, 0.2) is 0 Å². The molecule has 2 amide bonds. The first-order valence-electron chi connectivity index (χ1n) is 11.6. The number of hydrogen-bond acceptors (Lipinski definition) is 9. The summed E-state index contributed by atoms with van der Waals surface area (Å²) in [5.41, 5.74) is -0.259. The molecule has 1 aliphatic heterocycles. The standard InChI is InChI=1S/C25H29N3O8S/c1-14(2)22-25(3,4)36-24(30)26(22)23(29)19(21(37)16-8-12-18(13-9-16)28(33)34)20(35-5)15-6-10-17(11-7-15)27(31)32/h6-14,19-22,37H,1-5H3/t19?,20?,21?,22-/m0/s1. The Kier molecular flexibility index (Phi) is 8.23. The molecule has 1 fully saturated rings. The van der Waals surface area contributed by atoms with Gasteiger partial charge in [-0.25, -0.2) is 9.69 Å². The molecule has 1 saturated heterocycles. The van der Waals surface area contributed by atoms with E-state index in [-0.39, 0.29) is 17.3 Å². The van der Waals surface area contributed by atoms with Gasteiger partial charge in [0.05, 0.1) is 27.9 Å². The maximum atomic E-state index is 14.2. The average Bonchev–Trinajstić information content (AvgIpc) is 3.09. The number of carbonyl (C=O) groups is 2. The molecule has 0 aliphatic carbocycles. The number of rotatable bonds is 9. The zero-order valence-corrected chi connectivity index (χ0v) is 22.0. The van der Waals surface area contributed by atoms with Gasteiger partial charge in [0, 0.05) is 36.6 Å². The van der Waals surface area contributed by atoms with E-state index in [1.165, 1.54) is 55.6 Å². The summed E-state index contributed by atoms with van der Waals surface area (Å²) in [4.78, 5) is 49.4. The van der Waals surface area contributed by atoms with Crippen LogP contribution >= 0.6 is 12.6 Å². The fourth-order valence-corrected chi connectivity index (χ4v) is 5.41. The van der Waals surface area contributed by atoms with E-state index in [1.807, 2.05) is 13.8 Å². The van der Waals surface area contributed by atoms with Gasteiger partial charge in [-0.15, -0.1) is 0 Å². The van der Waals surface area contributed by atoms with Crippen molar-refractivity contribution in [2.45, 2.75) is 50.7 Å². The van der Waals surface area contributed by atoms with Crippen molar-refractivity contribution < 1.29 is 28.9 Å². The summed E-state index contributed by atoms with van der Waals surface area (Å²) in [6.45, 7) is 7.22. The Morgan fingerprint density at radius 3 is 1.86 bits per heavy atom. The van der Waals surface area contributed by atoms with Crippen molar-refractivity contribution in [1.29, 1.82) is 0 Å². The van der Waals surface area contributed by atoms with E-state index in [0.717, 1.165) is 4.90 Å². The van der Waals surface area contributed by atoms with Crippen molar-refractivity contribution in [3.63, 3.8) is 0 Å². The van der Waals surface area contributed by atoms with Gasteiger partial charge in [-0.1, -0.05) is 26.0 Å². The summed E-state index contributed by atoms with van der Waals surface area (Å²) in [6, 6.07) is 10.6. The summed E-state index contributed by atoms with van der Waals surface area (Å²) < 4.78 is 11.3. The number of methoxy groups -OCH3 is 1. The Hall–Kier alpha value is -3.51. The summed E-state index contributed by atoms with van der Waals surface area (Å²) in [5, 5.41) is 21.4. The van der Waals surface area contributed by atoms with Crippen LogP contribution in [0.5, 0.6) is 0 Å². The molecule has 2 aromatic carbocycles. The second kappa shape index (κ2) is 10.9. The predicted octanol–water partition coefficient (Wildman–Crippen LogP) is 5.26. The summed E-state index contributed by atoms with van der Waals surface area (Å²) in [6.07, 6.45) is -1.75. The van der Waals surface area contributed by atoms with E-state index in [1.54, 1.807) is 13.8 Å². The number of cyclic esters (lactones) is 1. The zero-order chi connectivity index (χ0) is 27.7. The van der Waals surface area contributed by atoms with Crippen LogP contribution in [0.25, 0.3) is 0 Å². The van der Waals surface area contributed by atoms with Crippen molar-refractivity contribution in [2.24, 2.45) is 11.8 Å². The molecule has 0 aromatic heterocycles. The third kappa shape index (κ3) is 5.59. The van der Waals surface area contributed by atoms with Gasteiger partial charge < -0.3 is 9.47 Å². The molecule has 1 aliphatic rings. The summed E-state index contributed by atoms with van der Waals surface area (Å²) in [5.74, 6) is -1.83. The lowest BCUT2D eigenvalue weighted by atomic mass is 9.84. The van der Waals surface area contributed by atoms with Gasteiger partial charge >= 0.3 is 6.09 Å². The molecular formula is C25H29N3O8S. The van der Waals surface area contributed by atoms with Crippen LogP contribution in [0, 0.1) is 32.1 Å². The quantitative estimate of drug-likeness (QED) is 0.262. The Morgan fingerprint density at radius 2 is 1.46 bits per heavy atom. The number of non-ortho nitro benzene ring substituents is 2. The Bertz CT molecular complexity index is 1180. The van der Waals surface area contributed by atoms with Crippen molar-refractivity contribution in [1.82, 2.24) is 4.90 Å². The first-order chi connectivity index (χ1) is 17.3. The number of benzene rings is 2. The van der Waals surface area contributed by atoms with E-state index in [9.17, 15) is 29.8 Å². The Balaban J connectivity index is 2.12. The lowest BCUT2D eigenvalue weighted by molar-refractivity contribution is -0.385. The molecule has 0 radical (unpaired) electrons. The molecule has 3 unspecified atom stereocenters. The fraction of sp³-hybridized carbons (Fsp3) is 0.440. The van der Waals surface area contributed by atoms with Gasteiger partial charge in [0.25, 0.3) is 11.4 Å². The number of hydrogen-bond donors (Lipinski definition) is 1. The second-order valence-electron chi connectivity index (χ2n) is 9.69. The average molecular weight is 532 g/mol. The zero-order valence-electron chi connectivity index (χ0n) is 21.1. The molecule has 11 nitrogen and oxygen atoms in total. The SMILES string of the molecule is COC(c1ccc([N+](=O)[O-])cc1)C(C(=O)N1C(=O)OC(C)(C)[C@@H]1C(C)C)C(S)c1ccc([N+](=O)[O-])cc1. The van der Waals surface area contributed by atoms with Crippen LogP contribution < -0.4 is 0 Å². The van der Waals surface area contributed by atoms with E-state index in [4.69, 9.17) is 22.1 Å². The van der Waals surface area contributed by atoms with E-state index in [0.29, 0.717) is 11.1 Å². The molecule has 0 spiro atoms. The summed E-state index contributed by atoms with van der Waals surface area (Å²) in [7, 11) is 1.38. The minimum Gasteiger partial charge on any atom is -0.441 e. The maximum Gasteiger partial charge on any atom is 0.417 e. The van der Waals surface area contributed by atoms with Crippen LogP contribution in [0.1, 0.15) is 50.2 Å². The number of nitro benzene ring substituents is 2. The largest absolute Gasteiger partial charge is 0.441 e. The van der Waals surface area contributed by atoms with Crippen molar-refractivity contribution >= 4 is 36.0 Å². The van der Waals surface area contributed by atoms with E-state index in [2.05, 4.69) is 0 Å². The molecule has 12 heteroatoms. The Labute approximate surface area is 219 Å². The topological polar surface area (TPSA) is 142 Å². The van der Waals surface area contributed by atoms with Gasteiger partial charge in [-0.2, -0.15) is 12.6 Å².